The lowest BCUT2D eigenvalue weighted by Gasteiger charge is -2.33. The molecule has 2 nitrogen and oxygen atoms in total. The first kappa shape index (κ1) is 9.66. The molecular weight excluding hydrogens is 198 g/mol. The number of aryl methyl sites for hydroxylation is 1. The molecule has 1 aromatic carbocycles. The lowest BCUT2D eigenvalue weighted by molar-refractivity contribution is 0.0849. The van der Waals surface area contributed by atoms with Crippen LogP contribution in [0.5, 0.6) is 5.75 Å². The zero-order chi connectivity index (χ0) is 10.3. The van der Waals surface area contributed by atoms with Crippen molar-refractivity contribution in [1.29, 1.82) is 0 Å². The van der Waals surface area contributed by atoms with Crippen LogP contribution in [0.1, 0.15) is 25.8 Å². The van der Waals surface area contributed by atoms with Crippen molar-refractivity contribution in [3.63, 3.8) is 0 Å². The van der Waals surface area contributed by atoms with E-state index in [0.29, 0.717) is 10.7 Å². The molecule has 1 aromatic rings. The second-order valence-corrected chi connectivity index (χ2v) is 4.76. The number of rotatable bonds is 0. The average molecular weight is 212 g/mol. The summed E-state index contributed by atoms with van der Waals surface area (Å²) in [5, 5.41) is 0.618. The summed E-state index contributed by atoms with van der Waals surface area (Å²) >= 11 is 6.07. The number of benzene rings is 1. The molecular formula is C11H14ClNO. The van der Waals surface area contributed by atoms with Crippen LogP contribution in [0, 0.1) is 0 Å². The minimum absolute atomic E-state index is 0.118. The number of ether oxygens (including phenoxy) is 1. The van der Waals surface area contributed by atoms with Crippen molar-refractivity contribution in [3.05, 3.63) is 22.7 Å². The van der Waals surface area contributed by atoms with Crippen molar-refractivity contribution in [1.82, 2.24) is 0 Å². The fourth-order valence-electron chi connectivity index (χ4n) is 1.74. The molecule has 1 heterocycles. The van der Waals surface area contributed by atoms with E-state index < -0.39 is 0 Å². The molecule has 0 saturated carbocycles. The monoisotopic (exact) mass is 211 g/mol. The van der Waals surface area contributed by atoms with Crippen molar-refractivity contribution in [2.45, 2.75) is 32.3 Å². The smallest absolute Gasteiger partial charge is 0.142 e. The summed E-state index contributed by atoms with van der Waals surface area (Å²) in [4.78, 5) is 0. The Balaban J connectivity index is 2.47. The largest absolute Gasteiger partial charge is 0.486 e. The summed E-state index contributed by atoms with van der Waals surface area (Å²) < 4.78 is 5.82. The fraction of sp³-hybridized carbons (Fsp3) is 0.455. The Hall–Kier alpha value is -0.890. The van der Waals surface area contributed by atoms with E-state index in [1.165, 1.54) is 0 Å². The maximum atomic E-state index is 6.07. The van der Waals surface area contributed by atoms with Gasteiger partial charge in [-0.3, -0.25) is 0 Å². The van der Waals surface area contributed by atoms with E-state index in [9.17, 15) is 0 Å². The molecule has 0 aliphatic carbocycles. The Morgan fingerprint density at radius 3 is 2.86 bits per heavy atom. The molecule has 76 valence electrons. The Labute approximate surface area is 89.0 Å². The molecule has 0 atom stereocenters. The molecule has 1 aliphatic rings. The Morgan fingerprint density at radius 1 is 1.43 bits per heavy atom. The molecule has 0 fully saturated rings. The molecule has 0 unspecified atom stereocenters. The Kier molecular flexibility index (Phi) is 2.11. The number of nitrogens with two attached hydrogens (primary N) is 1. The maximum Gasteiger partial charge on any atom is 0.142 e. The summed E-state index contributed by atoms with van der Waals surface area (Å²) in [5.74, 6) is 0.803. The number of halogens is 1. The summed E-state index contributed by atoms with van der Waals surface area (Å²) in [7, 11) is 0. The van der Waals surface area contributed by atoms with Crippen molar-refractivity contribution < 1.29 is 4.74 Å². The zero-order valence-electron chi connectivity index (χ0n) is 8.43. The van der Waals surface area contributed by atoms with Gasteiger partial charge in [0.05, 0.1) is 5.02 Å². The van der Waals surface area contributed by atoms with Gasteiger partial charge < -0.3 is 10.5 Å². The highest BCUT2D eigenvalue weighted by molar-refractivity contribution is 6.32. The van der Waals surface area contributed by atoms with Crippen LogP contribution >= 0.6 is 11.6 Å². The van der Waals surface area contributed by atoms with E-state index in [2.05, 4.69) is 13.8 Å². The Bertz CT molecular complexity index is 374. The average Bonchev–Trinajstić information content (AvgIpc) is 2.06. The molecule has 1 aliphatic heterocycles. The third-order valence-electron chi connectivity index (χ3n) is 2.52. The van der Waals surface area contributed by atoms with Gasteiger partial charge in [0.25, 0.3) is 0 Å². The molecule has 14 heavy (non-hydrogen) atoms. The summed E-state index contributed by atoms with van der Waals surface area (Å²) in [5.41, 5.74) is 7.42. The molecule has 0 bridgehead atoms. The predicted octanol–water partition coefficient (Wildman–Crippen LogP) is 3.03. The van der Waals surface area contributed by atoms with Crippen LogP contribution in [0.15, 0.2) is 12.1 Å². The number of fused-ring (bicyclic) bond motifs is 1. The van der Waals surface area contributed by atoms with Gasteiger partial charge in [-0.15, -0.1) is 0 Å². The second kappa shape index (κ2) is 3.06. The molecule has 2 rings (SSSR count). The van der Waals surface area contributed by atoms with Crippen LogP contribution in [-0.4, -0.2) is 5.60 Å². The zero-order valence-corrected chi connectivity index (χ0v) is 9.19. The van der Waals surface area contributed by atoms with Gasteiger partial charge in [-0.05, 0) is 44.4 Å². The number of hydrogen-bond acceptors (Lipinski definition) is 2. The van der Waals surface area contributed by atoms with Gasteiger partial charge in [0.2, 0.25) is 0 Å². The number of anilines is 1. The van der Waals surface area contributed by atoms with Crippen LogP contribution in [-0.2, 0) is 6.42 Å². The quantitative estimate of drug-likeness (QED) is 0.670. The highest BCUT2D eigenvalue weighted by Crippen LogP contribution is 2.39. The van der Waals surface area contributed by atoms with Crippen LogP contribution in [0.4, 0.5) is 5.69 Å². The van der Waals surface area contributed by atoms with E-state index in [-0.39, 0.29) is 5.60 Å². The molecule has 0 aromatic heterocycles. The highest BCUT2D eigenvalue weighted by atomic mass is 35.5. The van der Waals surface area contributed by atoms with Gasteiger partial charge in [-0.2, -0.15) is 0 Å². The molecule has 0 spiro atoms. The highest BCUT2D eigenvalue weighted by Gasteiger charge is 2.28. The lowest BCUT2D eigenvalue weighted by Crippen LogP contribution is -2.32. The predicted molar refractivity (Wildman–Crippen MR) is 58.9 cm³/mol. The van der Waals surface area contributed by atoms with Crippen LogP contribution in [0.2, 0.25) is 5.02 Å². The first-order valence-corrected chi connectivity index (χ1v) is 5.13. The van der Waals surface area contributed by atoms with E-state index in [0.717, 1.165) is 24.2 Å². The first-order chi connectivity index (χ1) is 6.48. The molecule has 3 heteroatoms. The summed E-state index contributed by atoms with van der Waals surface area (Å²) in [6.07, 6.45) is 1.98. The molecule has 2 N–H and O–H groups in total. The number of hydrogen-bond donors (Lipinski definition) is 1. The van der Waals surface area contributed by atoms with Gasteiger partial charge in [0.15, 0.2) is 0 Å². The minimum Gasteiger partial charge on any atom is -0.486 e. The maximum absolute atomic E-state index is 6.07. The van der Waals surface area contributed by atoms with E-state index in [4.69, 9.17) is 22.1 Å². The summed E-state index contributed by atoms with van der Waals surface area (Å²) in [6, 6.07) is 3.68. The van der Waals surface area contributed by atoms with Crippen LogP contribution in [0.3, 0.4) is 0 Å². The summed E-state index contributed by atoms with van der Waals surface area (Å²) in [6.45, 7) is 4.14. The van der Waals surface area contributed by atoms with Gasteiger partial charge in [0, 0.05) is 5.69 Å². The Morgan fingerprint density at radius 2 is 2.14 bits per heavy atom. The third kappa shape index (κ3) is 1.67. The van der Waals surface area contributed by atoms with Crippen molar-refractivity contribution in [2.75, 3.05) is 5.73 Å². The van der Waals surface area contributed by atoms with Gasteiger partial charge in [-0.1, -0.05) is 11.6 Å². The van der Waals surface area contributed by atoms with Crippen LogP contribution < -0.4 is 10.5 Å². The van der Waals surface area contributed by atoms with Crippen molar-refractivity contribution >= 4 is 17.3 Å². The topological polar surface area (TPSA) is 35.2 Å². The second-order valence-electron chi connectivity index (χ2n) is 4.35. The van der Waals surface area contributed by atoms with Gasteiger partial charge in [-0.25, -0.2) is 0 Å². The van der Waals surface area contributed by atoms with Crippen LogP contribution in [0.25, 0.3) is 0 Å². The van der Waals surface area contributed by atoms with Crippen molar-refractivity contribution in [3.8, 4) is 5.75 Å². The lowest BCUT2D eigenvalue weighted by atomic mass is 9.94. The minimum atomic E-state index is -0.118. The fourth-order valence-corrected chi connectivity index (χ4v) is 2.02. The normalized spacial score (nSPS) is 18.5. The van der Waals surface area contributed by atoms with E-state index >= 15 is 0 Å². The third-order valence-corrected chi connectivity index (χ3v) is 2.80. The number of nitrogen functional groups attached to an aromatic ring is 1. The molecule has 0 radical (unpaired) electrons. The van der Waals surface area contributed by atoms with E-state index in [1.807, 2.05) is 6.07 Å². The van der Waals surface area contributed by atoms with Gasteiger partial charge in [0.1, 0.15) is 11.4 Å². The molecule has 0 amide bonds. The first-order valence-electron chi connectivity index (χ1n) is 4.75. The van der Waals surface area contributed by atoms with E-state index in [1.54, 1.807) is 6.07 Å². The molecule has 0 saturated heterocycles. The van der Waals surface area contributed by atoms with Crippen molar-refractivity contribution in [2.24, 2.45) is 0 Å². The van der Waals surface area contributed by atoms with Gasteiger partial charge >= 0.3 is 0 Å². The SMILES string of the molecule is CC1(C)CCc2cc(N)cc(Cl)c2O1. The standard InChI is InChI=1S/C11H14ClNO/c1-11(2)4-3-7-5-8(13)6-9(12)10(7)14-11/h5-6H,3-4,13H2,1-2H3.